The fraction of sp³-hybridized carbons (Fsp3) is 0.714. The molecule has 1 fully saturated rings. The second kappa shape index (κ2) is 6.07. The molecule has 1 rings (SSSR count). The summed E-state index contributed by atoms with van der Waals surface area (Å²) < 4.78 is 0. The van der Waals surface area contributed by atoms with Crippen LogP contribution >= 0.6 is 0 Å². The molecule has 0 N–H and O–H groups in total. The van der Waals surface area contributed by atoms with Gasteiger partial charge < -0.3 is 5.32 Å². The Balaban J connectivity index is 0.000000640. The molecule has 0 aromatic rings. The van der Waals surface area contributed by atoms with Crippen molar-refractivity contribution in [3.05, 3.63) is 18.0 Å². The molecule has 1 aliphatic heterocycles. The third-order valence-electron chi connectivity index (χ3n) is 1.65. The van der Waals surface area contributed by atoms with E-state index in [-0.39, 0.29) is 51.4 Å². The van der Waals surface area contributed by atoms with Gasteiger partial charge in [0, 0.05) is 0 Å². The number of piperidine rings is 1. The second-order valence-corrected chi connectivity index (χ2v) is 2.24. The number of rotatable bonds is 1. The van der Waals surface area contributed by atoms with Crippen molar-refractivity contribution < 1.29 is 51.4 Å². The molecule has 0 spiro atoms. The Bertz CT molecular complexity index is 77.0. The van der Waals surface area contributed by atoms with E-state index in [0.29, 0.717) is 0 Å². The van der Waals surface area contributed by atoms with Crippen LogP contribution in [0.15, 0.2) is 12.7 Å². The monoisotopic (exact) mass is 149 g/mol. The predicted molar refractivity (Wildman–Crippen MR) is 36.0 cm³/mol. The van der Waals surface area contributed by atoms with E-state index < -0.39 is 0 Å². The summed E-state index contributed by atoms with van der Waals surface area (Å²) in [6.45, 7) is 5.85. The van der Waals surface area contributed by atoms with Gasteiger partial charge in [-0.15, -0.1) is 19.7 Å². The molecular weight excluding hydrogens is 137 g/mol. The molecule has 1 nitrogen and oxygen atoms in total. The van der Waals surface area contributed by atoms with E-state index in [9.17, 15) is 0 Å². The van der Waals surface area contributed by atoms with E-state index in [0.717, 1.165) is 19.0 Å². The summed E-state index contributed by atoms with van der Waals surface area (Å²) in [5, 5.41) is 4.23. The van der Waals surface area contributed by atoms with Gasteiger partial charge in [-0.25, -0.2) is 0 Å². The van der Waals surface area contributed by atoms with Gasteiger partial charge in [-0.1, -0.05) is 18.9 Å². The van der Waals surface area contributed by atoms with Crippen molar-refractivity contribution in [2.45, 2.75) is 12.8 Å². The van der Waals surface area contributed by atoms with E-state index in [4.69, 9.17) is 0 Å². The summed E-state index contributed by atoms with van der Waals surface area (Å²) in [7, 11) is 0. The van der Waals surface area contributed by atoms with Crippen LogP contribution in [0.25, 0.3) is 5.32 Å². The Kier molecular flexibility index (Phi) is 6.97. The SMILES string of the molecule is C=CC1CC[N-]CC1.[K+]. The van der Waals surface area contributed by atoms with E-state index in [1.807, 2.05) is 0 Å². The number of nitrogens with zero attached hydrogens (tertiary/aromatic N) is 1. The van der Waals surface area contributed by atoms with Crippen LogP contribution < -0.4 is 51.4 Å². The molecular formula is C7H12KN. The zero-order valence-electron chi connectivity index (χ0n) is 6.14. The number of hydrogen-bond donors (Lipinski definition) is 0. The molecule has 0 aromatic heterocycles. The molecule has 1 aliphatic rings. The average molecular weight is 149 g/mol. The van der Waals surface area contributed by atoms with Gasteiger partial charge in [0.2, 0.25) is 0 Å². The van der Waals surface area contributed by atoms with Crippen LogP contribution in [0.5, 0.6) is 0 Å². The fourth-order valence-electron chi connectivity index (χ4n) is 1.01. The summed E-state index contributed by atoms with van der Waals surface area (Å²) in [5.74, 6) is 0.757. The first-order valence-electron chi connectivity index (χ1n) is 3.19. The molecule has 1 heterocycles. The van der Waals surface area contributed by atoms with Gasteiger partial charge >= 0.3 is 51.4 Å². The maximum absolute atomic E-state index is 4.23. The van der Waals surface area contributed by atoms with E-state index in [2.05, 4.69) is 18.0 Å². The summed E-state index contributed by atoms with van der Waals surface area (Å²) in [4.78, 5) is 0. The first-order valence-corrected chi connectivity index (χ1v) is 3.19. The normalized spacial score (nSPS) is 20.4. The molecule has 46 valence electrons. The summed E-state index contributed by atoms with van der Waals surface area (Å²) in [6.07, 6.45) is 4.50. The Morgan fingerprint density at radius 3 is 2.22 bits per heavy atom. The van der Waals surface area contributed by atoms with Crippen molar-refractivity contribution in [1.82, 2.24) is 0 Å². The van der Waals surface area contributed by atoms with Crippen molar-refractivity contribution in [1.29, 1.82) is 0 Å². The van der Waals surface area contributed by atoms with Gasteiger partial charge in [0.25, 0.3) is 0 Å². The van der Waals surface area contributed by atoms with Crippen LogP contribution in [0.4, 0.5) is 0 Å². The van der Waals surface area contributed by atoms with Gasteiger partial charge in [0.05, 0.1) is 0 Å². The van der Waals surface area contributed by atoms with Crippen LogP contribution in [-0.4, -0.2) is 13.1 Å². The minimum absolute atomic E-state index is 0. The number of allylic oxidation sites excluding steroid dienone is 1. The third kappa shape index (κ3) is 3.91. The van der Waals surface area contributed by atoms with Gasteiger partial charge in [0.15, 0.2) is 0 Å². The molecule has 0 amide bonds. The summed E-state index contributed by atoms with van der Waals surface area (Å²) >= 11 is 0. The van der Waals surface area contributed by atoms with Crippen molar-refractivity contribution in [3.8, 4) is 0 Å². The molecule has 0 atom stereocenters. The summed E-state index contributed by atoms with van der Waals surface area (Å²) in [5.41, 5.74) is 0. The van der Waals surface area contributed by atoms with Crippen molar-refractivity contribution in [2.75, 3.05) is 13.1 Å². The largest absolute Gasteiger partial charge is 1.00 e. The van der Waals surface area contributed by atoms with E-state index in [1.54, 1.807) is 0 Å². The first-order chi connectivity index (χ1) is 3.93. The van der Waals surface area contributed by atoms with Gasteiger partial charge in [0.1, 0.15) is 0 Å². The second-order valence-electron chi connectivity index (χ2n) is 2.24. The molecule has 2 heteroatoms. The molecule has 0 aliphatic carbocycles. The van der Waals surface area contributed by atoms with Gasteiger partial charge in [-0.3, -0.25) is 0 Å². The molecule has 0 aromatic carbocycles. The number of hydrogen-bond acceptors (Lipinski definition) is 0. The zero-order valence-corrected chi connectivity index (χ0v) is 9.26. The van der Waals surface area contributed by atoms with Crippen molar-refractivity contribution in [2.24, 2.45) is 5.92 Å². The minimum Gasteiger partial charge on any atom is -0.662 e. The topological polar surface area (TPSA) is 14.1 Å². The Morgan fingerprint density at radius 1 is 1.33 bits per heavy atom. The summed E-state index contributed by atoms with van der Waals surface area (Å²) in [6, 6.07) is 0. The standard InChI is InChI=1S/C7H12N.K/c1-2-7-3-5-8-6-4-7;/h2,7H,1,3-6H2;/q-1;+1. The fourth-order valence-corrected chi connectivity index (χ4v) is 1.01. The van der Waals surface area contributed by atoms with Crippen molar-refractivity contribution >= 4 is 0 Å². The molecule has 0 unspecified atom stereocenters. The van der Waals surface area contributed by atoms with Gasteiger partial charge in [-0.05, 0) is 5.92 Å². The maximum Gasteiger partial charge on any atom is 1.00 e. The van der Waals surface area contributed by atoms with Crippen LogP contribution in [0.1, 0.15) is 12.8 Å². The Hall–Kier alpha value is 1.34. The Labute approximate surface area is 99.7 Å². The molecule has 1 saturated heterocycles. The van der Waals surface area contributed by atoms with Crippen LogP contribution in [-0.2, 0) is 0 Å². The maximum atomic E-state index is 4.23. The molecule has 0 radical (unpaired) electrons. The quantitative estimate of drug-likeness (QED) is 0.334. The molecule has 9 heavy (non-hydrogen) atoms. The van der Waals surface area contributed by atoms with Crippen molar-refractivity contribution in [3.63, 3.8) is 0 Å². The van der Waals surface area contributed by atoms with E-state index >= 15 is 0 Å². The smallest absolute Gasteiger partial charge is 0.662 e. The average Bonchev–Trinajstić information content (AvgIpc) is 1.90. The van der Waals surface area contributed by atoms with E-state index in [1.165, 1.54) is 12.8 Å². The predicted octanol–water partition coefficient (Wildman–Crippen LogP) is -1.04. The molecule has 0 saturated carbocycles. The van der Waals surface area contributed by atoms with Gasteiger partial charge in [-0.2, -0.15) is 0 Å². The zero-order chi connectivity index (χ0) is 5.82. The molecule has 0 bridgehead atoms. The minimum atomic E-state index is 0. The van der Waals surface area contributed by atoms with Crippen LogP contribution in [0, 0.1) is 5.92 Å². The first kappa shape index (κ1) is 10.3. The van der Waals surface area contributed by atoms with Crippen LogP contribution in [0.3, 0.4) is 0 Å². The Morgan fingerprint density at radius 2 is 1.89 bits per heavy atom. The van der Waals surface area contributed by atoms with Crippen LogP contribution in [0.2, 0.25) is 0 Å². The third-order valence-corrected chi connectivity index (χ3v) is 1.65.